The predicted octanol–water partition coefficient (Wildman–Crippen LogP) is 0.484. The molecule has 1 heterocycles. The van der Waals surface area contributed by atoms with Crippen LogP contribution in [0, 0.1) is 17.3 Å². The minimum absolute atomic E-state index is 0.0148. The Bertz CT molecular complexity index is 779. The molecule has 3 rings (SSSR count). The fourth-order valence-corrected chi connectivity index (χ4v) is 6.22. The molecule has 1 aliphatic heterocycles. The number of esters is 1. The first-order valence-electron chi connectivity index (χ1n) is 10.2. The molecule has 5 atom stereocenters. The summed E-state index contributed by atoms with van der Waals surface area (Å²) < 4.78 is 34.5. The van der Waals surface area contributed by atoms with Gasteiger partial charge in [0.05, 0.1) is 11.7 Å². The van der Waals surface area contributed by atoms with E-state index < -0.39 is 39.0 Å². The fourth-order valence-electron chi connectivity index (χ4n) is 4.34. The second-order valence-corrected chi connectivity index (χ2v) is 10.6. The number of hydrogen-bond acceptors (Lipinski definition) is 7. The monoisotopic (exact) mass is 430 g/mol. The van der Waals surface area contributed by atoms with Crippen molar-refractivity contribution in [3.8, 4) is 0 Å². The number of ether oxygens (including phenoxy) is 1. The maximum absolute atomic E-state index is 12.1. The van der Waals surface area contributed by atoms with Crippen LogP contribution in [0.15, 0.2) is 0 Å². The first kappa shape index (κ1) is 22.0. The Labute approximate surface area is 171 Å². The fraction of sp³-hybridized carbons (Fsp3) is 0.842. The van der Waals surface area contributed by atoms with Crippen LogP contribution < -0.4 is 10.6 Å². The van der Waals surface area contributed by atoms with E-state index in [4.69, 9.17) is 8.92 Å². The van der Waals surface area contributed by atoms with Gasteiger partial charge in [0, 0.05) is 36.8 Å². The minimum atomic E-state index is -3.54. The number of hydrogen-bond donors (Lipinski definition) is 2. The van der Waals surface area contributed by atoms with Crippen molar-refractivity contribution in [1.82, 2.24) is 10.6 Å². The topological polar surface area (TPSA) is 128 Å². The van der Waals surface area contributed by atoms with Gasteiger partial charge in [-0.05, 0) is 19.3 Å². The molecule has 3 fully saturated rings. The summed E-state index contributed by atoms with van der Waals surface area (Å²) in [5.41, 5.74) is -0.449. The van der Waals surface area contributed by atoms with E-state index in [9.17, 15) is 22.8 Å². The highest BCUT2D eigenvalue weighted by Gasteiger charge is 2.65. The largest absolute Gasteiger partial charge is 0.459 e. The second kappa shape index (κ2) is 8.22. The molecular formula is C19H30N2O7S. The lowest BCUT2D eigenvalue weighted by atomic mass is 9.89. The average molecular weight is 431 g/mol. The number of carbonyl (C=O) groups excluding carboxylic acids is 3. The molecule has 29 heavy (non-hydrogen) atoms. The normalized spacial score (nSPS) is 31.5. The van der Waals surface area contributed by atoms with E-state index >= 15 is 0 Å². The van der Waals surface area contributed by atoms with Gasteiger partial charge in [-0.25, -0.2) is 0 Å². The van der Waals surface area contributed by atoms with Crippen molar-refractivity contribution in [3.63, 3.8) is 0 Å². The van der Waals surface area contributed by atoms with Gasteiger partial charge in [-0.2, -0.15) is 8.42 Å². The van der Waals surface area contributed by atoms with Gasteiger partial charge in [0.15, 0.2) is 0 Å². The number of nitrogens with one attached hydrogen (secondary N) is 2. The van der Waals surface area contributed by atoms with Crippen molar-refractivity contribution in [1.29, 1.82) is 0 Å². The summed E-state index contributed by atoms with van der Waals surface area (Å²) in [7, 11) is -3.54. The molecule has 2 bridgehead atoms. The van der Waals surface area contributed by atoms with Crippen molar-refractivity contribution in [2.75, 3.05) is 13.1 Å². The van der Waals surface area contributed by atoms with E-state index in [1.165, 1.54) is 0 Å². The zero-order chi connectivity index (χ0) is 21.4. The third kappa shape index (κ3) is 4.58. The highest BCUT2D eigenvalue weighted by Crippen LogP contribution is 2.55. The Hall–Kier alpha value is -1.68. The van der Waals surface area contributed by atoms with E-state index in [-0.39, 0.29) is 43.0 Å². The van der Waals surface area contributed by atoms with Crippen LogP contribution in [-0.4, -0.2) is 56.7 Å². The highest BCUT2D eigenvalue weighted by molar-refractivity contribution is 7.87. The van der Waals surface area contributed by atoms with Crippen molar-refractivity contribution in [2.45, 2.75) is 70.3 Å². The van der Waals surface area contributed by atoms with Gasteiger partial charge in [-0.15, -0.1) is 0 Å². The minimum Gasteiger partial charge on any atom is -0.459 e. The Morgan fingerprint density at radius 2 is 1.79 bits per heavy atom. The Morgan fingerprint density at radius 1 is 1.10 bits per heavy atom. The maximum atomic E-state index is 12.1. The van der Waals surface area contributed by atoms with Gasteiger partial charge in [-0.3, -0.25) is 18.6 Å². The van der Waals surface area contributed by atoms with Gasteiger partial charge in [0.2, 0.25) is 11.8 Å². The first-order chi connectivity index (χ1) is 13.5. The lowest BCUT2D eigenvalue weighted by Crippen LogP contribution is -2.41. The van der Waals surface area contributed by atoms with E-state index in [2.05, 4.69) is 10.6 Å². The summed E-state index contributed by atoms with van der Waals surface area (Å²) in [6, 6.07) is 0. The quantitative estimate of drug-likeness (QED) is 0.309. The molecule has 2 aliphatic carbocycles. The van der Waals surface area contributed by atoms with Crippen LogP contribution in [0.2, 0.25) is 0 Å². The number of carbonyl (C=O) groups is 3. The molecule has 10 heteroatoms. The zero-order valence-electron chi connectivity index (χ0n) is 17.1. The Balaban J connectivity index is 1.33. The molecule has 5 unspecified atom stereocenters. The van der Waals surface area contributed by atoms with Gasteiger partial charge in [0.25, 0.3) is 10.1 Å². The van der Waals surface area contributed by atoms with Gasteiger partial charge in [-0.1, -0.05) is 20.8 Å². The molecule has 9 nitrogen and oxygen atoms in total. The molecule has 2 saturated carbocycles. The van der Waals surface area contributed by atoms with Crippen LogP contribution in [0.1, 0.15) is 52.9 Å². The molecule has 0 aromatic heterocycles. The first-order valence-corrected chi connectivity index (χ1v) is 11.7. The second-order valence-electron chi connectivity index (χ2n) is 8.79. The highest BCUT2D eigenvalue weighted by atomic mass is 32.2. The van der Waals surface area contributed by atoms with Crippen LogP contribution in [0.4, 0.5) is 0 Å². The summed E-state index contributed by atoms with van der Waals surface area (Å²) in [6.45, 7) is 6.25. The van der Waals surface area contributed by atoms with Gasteiger partial charge >= 0.3 is 5.97 Å². The zero-order valence-corrected chi connectivity index (χ0v) is 17.9. The summed E-state index contributed by atoms with van der Waals surface area (Å²) in [5.74, 6) is -0.971. The van der Waals surface area contributed by atoms with Crippen LogP contribution in [-0.2, 0) is 33.4 Å². The lowest BCUT2D eigenvalue weighted by Gasteiger charge is -2.24. The van der Waals surface area contributed by atoms with Crippen molar-refractivity contribution < 1.29 is 31.7 Å². The molecule has 0 aromatic rings. The smallest absolute Gasteiger partial charge is 0.306 e. The lowest BCUT2D eigenvalue weighted by molar-refractivity contribution is -0.156. The standard InChI is InChI=1S/C19H30N2O7S/c1-4-19(2,3)18(24)21-8-7-20-14(22)5-6-15(23)27-16-11-9-12-13(10-11)29(25,26)28-17(12)16/h11-13,16-17H,4-10H2,1-3H3,(H,20,22)(H,21,24). The van der Waals surface area contributed by atoms with Crippen LogP contribution in [0.25, 0.3) is 0 Å². The summed E-state index contributed by atoms with van der Waals surface area (Å²) in [5, 5.41) is 4.97. The number of rotatable bonds is 9. The molecule has 0 aromatic carbocycles. The Kier molecular flexibility index (Phi) is 6.24. The number of fused-ring (bicyclic) bond motifs is 1. The number of amides is 2. The van der Waals surface area contributed by atoms with E-state index in [0.29, 0.717) is 25.8 Å². The summed E-state index contributed by atoms with van der Waals surface area (Å²) in [6.07, 6.45) is 0.668. The SMILES string of the molecule is CCC(C)(C)C(=O)NCCNC(=O)CCC(=O)OC1C2CC3C1OS(=O)(=O)C3C2. The van der Waals surface area contributed by atoms with Gasteiger partial charge < -0.3 is 15.4 Å². The maximum Gasteiger partial charge on any atom is 0.306 e. The van der Waals surface area contributed by atoms with Crippen LogP contribution >= 0.6 is 0 Å². The predicted molar refractivity (Wildman–Crippen MR) is 103 cm³/mol. The van der Waals surface area contributed by atoms with Gasteiger partial charge in [0.1, 0.15) is 12.2 Å². The van der Waals surface area contributed by atoms with Crippen molar-refractivity contribution in [2.24, 2.45) is 17.3 Å². The van der Waals surface area contributed by atoms with Crippen molar-refractivity contribution >= 4 is 27.9 Å². The third-order valence-corrected chi connectivity index (χ3v) is 8.24. The summed E-state index contributed by atoms with van der Waals surface area (Å²) >= 11 is 0. The molecule has 1 saturated heterocycles. The third-order valence-electron chi connectivity index (χ3n) is 6.47. The van der Waals surface area contributed by atoms with Crippen molar-refractivity contribution in [3.05, 3.63) is 0 Å². The molecule has 3 aliphatic rings. The molecular weight excluding hydrogens is 400 g/mol. The van der Waals surface area contributed by atoms with E-state index in [1.54, 1.807) is 0 Å². The van der Waals surface area contributed by atoms with E-state index in [0.717, 1.165) is 0 Å². The Morgan fingerprint density at radius 3 is 2.48 bits per heavy atom. The summed E-state index contributed by atoms with van der Waals surface area (Å²) in [4.78, 5) is 35.9. The van der Waals surface area contributed by atoms with Crippen LogP contribution in [0.3, 0.4) is 0 Å². The molecule has 0 spiro atoms. The molecule has 164 valence electrons. The van der Waals surface area contributed by atoms with E-state index in [1.807, 2.05) is 20.8 Å². The molecule has 2 amide bonds. The molecule has 2 N–H and O–H groups in total. The average Bonchev–Trinajstić information content (AvgIpc) is 3.27. The van der Waals surface area contributed by atoms with Crippen LogP contribution in [0.5, 0.6) is 0 Å². The molecule has 0 radical (unpaired) electrons.